The minimum atomic E-state index is -0.0669. The summed E-state index contributed by atoms with van der Waals surface area (Å²) in [6.07, 6.45) is 5.20. The van der Waals surface area contributed by atoms with Crippen LogP contribution in [0.25, 0.3) is 6.08 Å². The highest BCUT2D eigenvalue weighted by Crippen LogP contribution is 2.32. The van der Waals surface area contributed by atoms with Gasteiger partial charge in [-0.2, -0.15) is 0 Å². The lowest BCUT2D eigenvalue weighted by molar-refractivity contribution is -0.126. The zero-order valence-corrected chi connectivity index (χ0v) is 18.0. The van der Waals surface area contributed by atoms with Crippen LogP contribution in [0.5, 0.6) is 0 Å². The Labute approximate surface area is 176 Å². The minimum Gasteiger partial charge on any atom is -0.331 e. The molecule has 1 amide bonds. The maximum atomic E-state index is 12.8. The summed E-state index contributed by atoms with van der Waals surface area (Å²) in [5.41, 5.74) is 1.65. The van der Waals surface area contributed by atoms with Gasteiger partial charge in [-0.15, -0.1) is 21.5 Å². The minimum absolute atomic E-state index is 0.0244. The molecule has 10 heteroatoms. The number of anilines is 2. The fraction of sp³-hybridized carbons (Fsp3) is 0.368. The zero-order chi connectivity index (χ0) is 20.4. The molecule has 1 aliphatic rings. The molecule has 0 radical (unpaired) electrons. The Kier molecular flexibility index (Phi) is 5.63. The Morgan fingerprint density at radius 3 is 2.79 bits per heavy atom. The first-order valence-corrected chi connectivity index (χ1v) is 11.0. The molecule has 1 aliphatic heterocycles. The third-order valence-corrected chi connectivity index (χ3v) is 6.08. The van der Waals surface area contributed by atoms with Crippen LogP contribution in [-0.4, -0.2) is 42.5 Å². The molecule has 1 fully saturated rings. The summed E-state index contributed by atoms with van der Waals surface area (Å²) in [5.74, 6) is 1.29. The van der Waals surface area contributed by atoms with E-state index in [4.69, 9.17) is 0 Å². The number of nitrogens with one attached hydrogen (secondary N) is 1. The standard InChI is InChI=1S/C19H21N7OS2/c1-11-20-15(9-17(21-11)23-19-25-24-13(3)29-19)16-5-4-8-26(16)18(27)7-6-14-10-28-12(2)22-14/h6-7,9-10,16H,4-5,8H2,1-3H3,(H,20,21,23,25)/b7-6+/t16-/m0/s1. The number of aromatic nitrogens is 5. The summed E-state index contributed by atoms with van der Waals surface area (Å²) < 4.78 is 0. The van der Waals surface area contributed by atoms with Gasteiger partial charge in [-0.25, -0.2) is 15.0 Å². The van der Waals surface area contributed by atoms with E-state index >= 15 is 0 Å². The molecule has 0 spiro atoms. The van der Waals surface area contributed by atoms with Crippen molar-refractivity contribution in [2.45, 2.75) is 39.7 Å². The normalized spacial score (nSPS) is 16.7. The van der Waals surface area contributed by atoms with Crippen molar-refractivity contribution in [3.8, 4) is 0 Å². The molecule has 1 N–H and O–H groups in total. The molecule has 3 aromatic rings. The van der Waals surface area contributed by atoms with Crippen molar-refractivity contribution < 1.29 is 4.79 Å². The van der Waals surface area contributed by atoms with E-state index < -0.39 is 0 Å². The van der Waals surface area contributed by atoms with Crippen LogP contribution < -0.4 is 5.32 Å². The van der Waals surface area contributed by atoms with Crippen LogP contribution >= 0.6 is 22.7 Å². The summed E-state index contributed by atoms with van der Waals surface area (Å²) in [4.78, 5) is 28.1. The number of nitrogens with zero attached hydrogens (tertiary/aromatic N) is 6. The molecule has 0 unspecified atom stereocenters. The predicted molar refractivity (Wildman–Crippen MR) is 114 cm³/mol. The molecule has 0 aliphatic carbocycles. The quantitative estimate of drug-likeness (QED) is 0.618. The smallest absolute Gasteiger partial charge is 0.247 e. The van der Waals surface area contributed by atoms with E-state index in [-0.39, 0.29) is 11.9 Å². The molecule has 1 saturated heterocycles. The van der Waals surface area contributed by atoms with Crippen molar-refractivity contribution in [3.05, 3.63) is 44.7 Å². The molecular weight excluding hydrogens is 406 g/mol. The van der Waals surface area contributed by atoms with Gasteiger partial charge < -0.3 is 10.2 Å². The first-order valence-electron chi connectivity index (χ1n) is 9.31. The first-order chi connectivity index (χ1) is 14.0. The van der Waals surface area contributed by atoms with Crippen LogP contribution in [0.15, 0.2) is 17.5 Å². The second kappa shape index (κ2) is 8.34. The molecule has 150 valence electrons. The number of carbonyl (C=O) groups is 1. The second-order valence-corrected chi connectivity index (χ2v) is 9.03. The van der Waals surface area contributed by atoms with Gasteiger partial charge in [0, 0.05) is 24.1 Å². The summed E-state index contributed by atoms with van der Waals surface area (Å²) >= 11 is 3.04. The molecule has 29 heavy (non-hydrogen) atoms. The van der Waals surface area contributed by atoms with E-state index in [9.17, 15) is 4.79 Å². The number of likely N-dealkylation sites (tertiary alicyclic amines) is 1. The maximum absolute atomic E-state index is 12.8. The van der Waals surface area contributed by atoms with E-state index in [1.165, 1.54) is 11.3 Å². The molecule has 0 bridgehead atoms. The molecule has 0 aromatic carbocycles. The average Bonchev–Trinajstić information content (AvgIpc) is 3.41. The fourth-order valence-electron chi connectivity index (χ4n) is 3.33. The van der Waals surface area contributed by atoms with E-state index in [0.717, 1.165) is 34.2 Å². The van der Waals surface area contributed by atoms with Crippen molar-refractivity contribution >= 4 is 45.6 Å². The highest BCUT2D eigenvalue weighted by Gasteiger charge is 2.30. The third-order valence-electron chi connectivity index (χ3n) is 4.53. The Morgan fingerprint density at radius 2 is 2.07 bits per heavy atom. The van der Waals surface area contributed by atoms with Gasteiger partial charge in [0.05, 0.1) is 22.4 Å². The largest absolute Gasteiger partial charge is 0.331 e. The van der Waals surface area contributed by atoms with E-state index in [1.54, 1.807) is 23.5 Å². The highest BCUT2D eigenvalue weighted by atomic mass is 32.1. The number of hydrogen-bond acceptors (Lipinski definition) is 9. The fourth-order valence-corrected chi connectivity index (χ4v) is 4.51. The van der Waals surface area contributed by atoms with E-state index in [1.807, 2.05) is 37.1 Å². The number of hydrogen-bond donors (Lipinski definition) is 1. The van der Waals surface area contributed by atoms with E-state index in [0.29, 0.717) is 23.3 Å². The lowest BCUT2D eigenvalue weighted by Gasteiger charge is -2.23. The lowest BCUT2D eigenvalue weighted by atomic mass is 10.1. The van der Waals surface area contributed by atoms with Crippen molar-refractivity contribution in [3.63, 3.8) is 0 Å². The number of carbonyl (C=O) groups excluding carboxylic acids is 1. The SMILES string of the molecule is Cc1nc(Nc2nnc(C)s2)cc([C@@H]2CCCN2C(=O)/C=C/c2csc(C)n2)n1. The molecule has 3 aromatic heterocycles. The van der Waals surface area contributed by atoms with Crippen LogP contribution in [0.1, 0.15) is 46.1 Å². The third kappa shape index (κ3) is 4.65. The maximum Gasteiger partial charge on any atom is 0.247 e. The summed E-state index contributed by atoms with van der Waals surface area (Å²) in [7, 11) is 0. The summed E-state index contributed by atoms with van der Waals surface area (Å²) in [6, 6.07) is 1.83. The van der Waals surface area contributed by atoms with Gasteiger partial charge in [-0.1, -0.05) is 11.3 Å². The van der Waals surface area contributed by atoms with Crippen LogP contribution in [0.3, 0.4) is 0 Å². The highest BCUT2D eigenvalue weighted by molar-refractivity contribution is 7.15. The zero-order valence-electron chi connectivity index (χ0n) is 16.4. The van der Waals surface area contributed by atoms with E-state index in [2.05, 4.69) is 30.5 Å². The summed E-state index contributed by atoms with van der Waals surface area (Å²) in [5, 5.41) is 15.8. The number of aryl methyl sites for hydroxylation is 3. The van der Waals surface area contributed by atoms with Crippen molar-refractivity contribution in [1.29, 1.82) is 0 Å². The Balaban J connectivity index is 1.53. The number of thiazole rings is 1. The number of amides is 1. The second-order valence-electron chi connectivity index (χ2n) is 6.79. The van der Waals surface area contributed by atoms with Gasteiger partial charge in [-0.05, 0) is 39.7 Å². The molecule has 8 nitrogen and oxygen atoms in total. The van der Waals surface area contributed by atoms with Gasteiger partial charge in [0.1, 0.15) is 16.6 Å². The monoisotopic (exact) mass is 427 g/mol. The number of rotatable bonds is 5. The van der Waals surface area contributed by atoms with Gasteiger partial charge in [0.15, 0.2) is 0 Å². The topological polar surface area (TPSA) is 96.8 Å². The summed E-state index contributed by atoms with van der Waals surface area (Å²) in [6.45, 7) is 6.42. The van der Waals surface area contributed by atoms with Crippen molar-refractivity contribution in [1.82, 2.24) is 30.0 Å². The van der Waals surface area contributed by atoms with Crippen LogP contribution in [0.2, 0.25) is 0 Å². The molecule has 4 heterocycles. The van der Waals surface area contributed by atoms with Crippen LogP contribution in [-0.2, 0) is 4.79 Å². The van der Waals surface area contributed by atoms with Crippen LogP contribution in [0.4, 0.5) is 10.9 Å². The molecule has 1 atom stereocenters. The van der Waals surface area contributed by atoms with Gasteiger partial charge in [-0.3, -0.25) is 4.79 Å². The molecule has 4 rings (SSSR count). The van der Waals surface area contributed by atoms with Gasteiger partial charge >= 0.3 is 0 Å². The average molecular weight is 428 g/mol. The first kappa shape index (κ1) is 19.6. The van der Waals surface area contributed by atoms with Gasteiger partial charge in [0.2, 0.25) is 11.0 Å². The Bertz CT molecular complexity index is 1060. The lowest BCUT2D eigenvalue weighted by Crippen LogP contribution is -2.29. The predicted octanol–water partition coefficient (Wildman–Crippen LogP) is 3.83. The molecule has 0 saturated carbocycles. The molecular formula is C19H21N7OS2. The Hall–Kier alpha value is -2.72. The Morgan fingerprint density at radius 1 is 1.21 bits per heavy atom. The van der Waals surface area contributed by atoms with Gasteiger partial charge in [0.25, 0.3) is 0 Å². The van der Waals surface area contributed by atoms with Crippen LogP contribution in [0, 0.1) is 20.8 Å². The van der Waals surface area contributed by atoms with Crippen molar-refractivity contribution in [2.24, 2.45) is 0 Å². The van der Waals surface area contributed by atoms with Crippen molar-refractivity contribution in [2.75, 3.05) is 11.9 Å².